The monoisotopic (exact) mass is 719 g/mol. The van der Waals surface area contributed by atoms with Crippen molar-refractivity contribution in [3.63, 3.8) is 0 Å². The topological polar surface area (TPSA) is 176 Å². The molecule has 15 nitrogen and oxygen atoms in total. The number of likely N-dealkylation sites (N-methyl/N-ethyl adjacent to an activating group) is 1. The molecule has 1 amide bonds. The summed E-state index contributed by atoms with van der Waals surface area (Å²) in [7, 11) is -4.20. The zero-order valence-corrected chi connectivity index (χ0v) is 29.2. The van der Waals surface area contributed by atoms with Crippen LogP contribution in [0, 0.1) is 16.5 Å². The molecular weight excluding hydrogens is 683 g/mol. The van der Waals surface area contributed by atoms with Gasteiger partial charge in [0.05, 0.1) is 21.5 Å². The minimum atomic E-state index is -4.20. The first-order valence-corrected chi connectivity index (χ1v) is 18.8. The van der Waals surface area contributed by atoms with Gasteiger partial charge in [-0.15, -0.1) is 0 Å². The number of hydrogen-bond acceptors (Lipinski definition) is 14. The summed E-state index contributed by atoms with van der Waals surface area (Å²) in [6.45, 7) is 8.98. The molecule has 6 rings (SSSR count). The largest absolute Gasteiger partial charge is 0.453 e. The first-order chi connectivity index (χ1) is 24.3. The molecule has 0 saturated carbocycles. The van der Waals surface area contributed by atoms with Crippen molar-refractivity contribution in [1.29, 1.82) is 5.26 Å². The van der Waals surface area contributed by atoms with Crippen molar-refractivity contribution in [3.05, 3.63) is 71.4 Å². The summed E-state index contributed by atoms with van der Waals surface area (Å²) in [6.07, 6.45) is 0. The molecule has 17 heteroatoms. The molecule has 2 aromatic heterocycles. The fraction of sp³-hybridized carbons (Fsp3) is 0.394. The van der Waals surface area contributed by atoms with Gasteiger partial charge in [0.15, 0.2) is 11.0 Å². The maximum absolute atomic E-state index is 13.3. The summed E-state index contributed by atoms with van der Waals surface area (Å²) in [5, 5.41) is 25.6. The minimum Gasteiger partial charge on any atom is -0.453 e. The summed E-state index contributed by atoms with van der Waals surface area (Å²) in [4.78, 5) is 31.0. The molecule has 4 heterocycles. The molecular formula is C33H37N9O6S2. The van der Waals surface area contributed by atoms with Gasteiger partial charge in [-0.2, -0.15) is 5.26 Å². The van der Waals surface area contributed by atoms with E-state index in [4.69, 9.17) is 14.7 Å². The Kier molecular flexibility index (Phi) is 11.1. The Labute approximate surface area is 294 Å². The van der Waals surface area contributed by atoms with Crippen LogP contribution in [-0.4, -0.2) is 122 Å². The third-order valence-corrected chi connectivity index (χ3v) is 11.3. The number of rotatable bonds is 12. The molecule has 0 atom stereocenters. The van der Waals surface area contributed by atoms with Crippen LogP contribution < -0.4 is 14.5 Å². The summed E-state index contributed by atoms with van der Waals surface area (Å²) < 4.78 is 36.1. The van der Waals surface area contributed by atoms with E-state index in [1.807, 2.05) is 30.3 Å². The van der Waals surface area contributed by atoms with E-state index in [2.05, 4.69) is 37.5 Å². The first-order valence-electron chi connectivity index (χ1n) is 16.3. The van der Waals surface area contributed by atoms with Crippen molar-refractivity contribution in [2.24, 2.45) is 0 Å². The number of piperazine rings is 2. The van der Waals surface area contributed by atoms with E-state index >= 15 is 0 Å². The molecule has 0 spiro atoms. The third-order valence-electron chi connectivity index (χ3n) is 8.70. The van der Waals surface area contributed by atoms with Crippen LogP contribution in [-0.2, 0) is 14.6 Å². The molecule has 0 bridgehead atoms. The maximum atomic E-state index is 13.3. The molecule has 2 aliphatic heterocycles. The Morgan fingerprint density at radius 3 is 2.30 bits per heavy atom. The second-order valence-electron chi connectivity index (χ2n) is 11.7. The van der Waals surface area contributed by atoms with E-state index < -0.39 is 20.7 Å². The number of benzene rings is 2. The Morgan fingerprint density at radius 2 is 1.64 bits per heavy atom. The quantitative estimate of drug-likeness (QED) is 0.118. The van der Waals surface area contributed by atoms with Crippen LogP contribution in [0.15, 0.2) is 80.4 Å². The Morgan fingerprint density at radius 1 is 0.980 bits per heavy atom. The standard InChI is InChI=1S/C33H37N9O6S2/c1-2-38-13-19-41(20-14-38)30-27(23-34)29(25-9-5-3-6-10-25)35-33(36-30)49-24-28(43)40-17-15-39(16-18-40)21-22-47-31-32(42(44)48-37-31)50(45,46)26-11-7-4-8-12-26/h3-12H,2,13-22,24H2,1H3. The molecule has 0 aliphatic carbocycles. The Hall–Kier alpha value is -4.76. The molecule has 0 radical (unpaired) electrons. The Bertz CT molecular complexity index is 1920. The van der Waals surface area contributed by atoms with Crippen molar-refractivity contribution in [2.75, 3.05) is 82.7 Å². The highest BCUT2D eigenvalue weighted by Gasteiger charge is 2.36. The number of sulfone groups is 1. The number of anilines is 1. The number of aromatic nitrogens is 4. The van der Waals surface area contributed by atoms with Crippen LogP contribution in [0.4, 0.5) is 5.82 Å². The molecule has 4 aromatic rings. The van der Waals surface area contributed by atoms with Crippen molar-refractivity contribution in [1.82, 2.24) is 29.8 Å². The van der Waals surface area contributed by atoms with Crippen LogP contribution in [0.3, 0.4) is 0 Å². The van der Waals surface area contributed by atoms with Gasteiger partial charge < -0.3 is 24.6 Å². The molecule has 2 aliphatic rings. The van der Waals surface area contributed by atoms with Crippen LogP contribution >= 0.6 is 11.8 Å². The number of thioether (sulfide) groups is 1. The van der Waals surface area contributed by atoms with Gasteiger partial charge in [-0.05, 0) is 23.6 Å². The SMILES string of the molecule is CCN1CCN(c2nc(SCC(=O)N3CCN(CCOc4no[n+]([O-])c4S(=O)(=O)c4ccccc4)CC3)nc(-c3ccccc3)c2C#N)CC1. The number of hydrogen-bond donors (Lipinski definition) is 0. The van der Waals surface area contributed by atoms with Gasteiger partial charge in [-0.3, -0.25) is 14.3 Å². The van der Waals surface area contributed by atoms with Gasteiger partial charge in [0.1, 0.15) is 18.2 Å². The van der Waals surface area contributed by atoms with Gasteiger partial charge in [0, 0.05) is 64.5 Å². The number of amides is 1. The second kappa shape index (κ2) is 15.9. The predicted molar refractivity (Wildman–Crippen MR) is 183 cm³/mol. The van der Waals surface area contributed by atoms with Crippen LogP contribution in [0.5, 0.6) is 5.88 Å². The lowest BCUT2D eigenvalue weighted by Crippen LogP contribution is -2.50. The molecule has 0 N–H and O–H groups in total. The minimum absolute atomic E-state index is 0.0448. The number of carbonyl (C=O) groups excluding carboxylic acids is 1. The highest BCUT2D eigenvalue weighted by atomic mass is 32.2. The number of nitriles is 1. The van der Waals surface area contributed by atoms with Gasteiger partial charge in [0.25, 0.3) is 9.84 Å². The number of ether oxygens (including phenoxy) is 1. The first kappa shape index (κ1) is 35.1. The lowest BCUT2D eigenvalue weighted by molar-refractivity contribution is -0.832. The van der Waals surface area contributed by atoms with E-state index in [1.165, 1.54) is 23.9 Å². The maximum Gasteiger partial charge on any atom is 0.415 e. The average molecular weight is 720 g/mol. The van der Waals surface area contributed by atoms with Crippen LogP contribution in [0.2, 0.25) is 0 Å². The zero-order chi connectivity index (χ0) is 35.1. The summed E-state index contributed by atoms with van der Waals surface area (Å²) >= 11 is 1.26. The molecule has 262 valence electrons. The molecule has 2 aromatic carbocycles. The molecule has 0 unspecified atom stereocenters. The van der Waals surface area contributed by atoms with E-state index in [-0.39, 0.29) is 28.1 Å². The fourth-order valence-corrected chi connectivity index (χ4v) is 7.89. The molecule has 2 saturated heterocycles. The third kappa shape index (κ3) is 7.83. The zero-order valence-electron chi connectivity index (χ0n) is 27.5. The van der Waals surface area contributed by atoms with Crippen LogP contribution in [0.1, 0.15) is 12.5 Å². The van der Waals surface area contributed by atoms with Crippen LogP contribution in [0.25, 0.3) is 11.3 Å². The van der Waals surface area contributed by atoms with Crippen molar-refractivity contribution in [2.45, 2.75) is 22.0 Å². The highest BCUT2D eigenvalue weighted by molar-refractivity contribution is 7.99. The smallest absolute Gasteiger partial charge is 0.415 e. The lowest BCUT2D eigenvalue weighted by atomic mass is 10.1. The van der Waals surface area contributed by atoms with Gasteiger partial charge in [-0.1, -0.05) is 67.2 Å². The van der Waals surface area contributed by atoms with E-state index in [0.29, 0.717) is 55.0 Å². The fourth-order valence-electron chi connectivity index (χ4n) is 5.86. The lowest BCUT2D eigenvalue weighted by Gasteiger charge is -2.35. The van der Waals surface area contributed by atoms with E-state index in [1.54, 1.807) is 23.1 Å². The number of nitrogens with zero attached hydrogens (tertiary/aromatic N) is 9. The highest BCUT2D eigenvalue weighted by Crippen LogP contribution is 2.32. The van der Waals surface area contributed by atoms with E-state index in [9.17, 15) is 23.7 Å². The van der Waals surface area contributed by atoms with Crippen molar-refractivity contribution in [3.8, 4) is 23.2 Å². The van der Waals surface area contributed by atoms with E-state index in [0.717, 1.165) is 38.3 Å². The average Bonchev–Trinajstić information content (AvgIpc) is 3.54. The Balaban J connectivity index is 1.04. The predicted octanol–water partition coefficient (Wildman–Crippen LogP) is 1.93. The summed E-state index contributed by atoms with van der Waals surface area (Å²) in [5.41, 5.74) is 1.81. The van der Waals surface area contributed by atoms with Gasteiger partial charge in [0.2, 0.25) is 5.91 Å². The second-order valence-corrected chi connectivity index (χ2v) is 14.5. The summed E-state index contributed by atoms with van der Waals surface area (Å²) in [5.74, 6) is 0.299. The van der Waals surface area contributed by atoms with Gasteiger partial charge in [-0.25, -0.2) is 18.4 Å². The normalized spacial score (nSPS) is 15.9. The van der Waals surface area contributed by atoms with Gasteiger partial charge >= 0.3 is 10.9 Å². The van der Waals surface area contributed by atoms with Crippen molar-refractivity contribution < 1.29 is 27.5 Å². The molecule has 2 fully saturated rings. The number of carbonyl (C=O) groups is 1. The van der Waals surface area contributed by atoms with Crippen molar-refractivity contribution >= 4 is 33.3 Å². The molecule has 50 heavy (non-hydrogen) atoms. The summed E-state index contributed by atoms with van der Waals surface area (Å²) in [6, 6.07) is 19.4.